The molecule has 5 heteroatoms. The third-order valence-electron chi connectivity index (χ3n) is 4.09. The van der Waals surface area contributed by atoms with Crippen molar-refractivity contribution in [3.05, 3.63) is 0 Å². The van der Waals surface area contributed by atoms with Gasteiger partial charge < -0.3 is 16.0 Å². The van der Waals surface area contributed by atoms with Crippen molar-refractivity contribution in [3.63, 3.8) is 0 Å². The van der Waals surface area contributed by atoms with Crippen LogP contribution in [0.15, 0.2) is 4.99 Å². The van der Waals surface area contributed by atoms with Crippen molar-refractivity contribution in [2.24, 2.45) is 10.4 Å². The minimum atomic E-state index is 0. The van der Waals surface area contributed by atoms with E-state index in [1.807, 2.05) is 7.05 Å². The molecule has 0 aliphatic heterocycles. The van der Waals surface area contributed by atoms with Crippen LogP contribution in [0.1, 0.15) is 53.4 Å². The van der Waals surface area contributed by atoms with E-state index in [-0.39, 0.29) is 29.5 Å². The quantitative estimate of drug-likeness (QED) is 0.280. The van der Waals surface area contributed by atoms with Gasteiger partial charge in [0.2, 0.25) is 0 Å². The van der Waals surface area contributed by atoms with Gasteiger partial charge in [0.05, 0.1) is 0 Å². The first-order valence-corrected chi connectivity index (χ1v) is 7.60. The van der Waals surface area contributed by atoms with Crippen molar-refractivity contribution >= 4 is 29.9 Å². The third-order valence-corrected chi connectivity index (χ3v) is 4.09. The molecular formula is C15H33IN4. The van der Waals surface area contributed by atoms with Gasteiger partial charge in [-0.3, -0.25) is 4.99 Å². The number of guanidine groups is 1. The molecule has 20 heavy (non-hydrogen) atoms. The predicted molar refractivity (Wildman–Crippen MR) is 99.1 cm³/mol. The highest BCUT2D eigenvalue weighted by Crippen LogP contribution is 2.42. The highest BCUT2D eigenvalue weighted by atomic mass is 127. The van der Waals surface area contributed by atoms with E-state index in [0.717, 1.165) is 25.6 Å². The maximum absolute atomic E-state index is 4.28. The van der Waals surface area contributed by atoms with Crippen molar-refractivity contribution in [2.45, 2.75) is 58.9 Å². The van der Waals surface area contributed by atoms with Gasteiger partial charge in [0.15, 0.2) is 5.96 Å². The Morgan fingerprint density at radius 1 is 1.15 bits per heavy atom. The summed E-state index contributed by atoms with van der Waals surface area (Å²) in [6.07, 6.45) is 5.37. The maximum Gasteiger partial charge on any atom is 0.191 e. The molecule has 120 valence electrons. The van der Waals surface area contributed by atoms with Crippen molar-refractivity contribution in [1.82, 2.24) is 16.0 Å². The second-order valence-corrected chi connectivity index (χ2v) is 6.74. The second-order valence-electron chi connectivity index (χ2n) is 6.74. The topological polar surface area (TPSA) is 48.5 Å². The lowest BCUT2D eigenvalue weighted by atomic mass is 9.67. The summed E-state index contributed by atoms with van der Waals surface area (Å²) in [7, 11) is 1.84. The van der Waals surface area contributed by atoms with Gasteiger partial charge in [-0.2, -0.15) is 0 Å². The van der Waals surface area contributed by atoms with E-state index < -0.39 is 0 Å². The zero-order valence-electron chi connectivity index (χ0n) is 13.8. The van der Waals surface area contributed by atoms with E-state index in [9.17, 15) is 0 Å². The predicted octanol–water partition coefficient (Wildman–Crippen LogP) is 2.74. The van der Waals surface area contributed by atoms with Crippen LogP contribution >= 0.6 is 24.0 Å². The van der Waals surface area contributed by atoms with Crippen LogP contribution in [0, 0.1) is 5.41 Å². The van der Waals surface area contributed by atoms with Gasteiger partial charge in [-0.05, 0) is 45.4 Å². The van der Waals surface area contributed by atoms with Crippen LogP contribution in [0.5, 0.6) is 0 Å². The van der Waals surface area contributed by atoms with Crippen molar-refractivity contribution in [1.29, 1.82) is 0 Å². The van der Waals surface area contributed by atoms with Gasteiger partial charge in [-0.15, -0.1) is 24.0 Å². The molecule has 0 spiro atoms. The first-order chi connectivity index (χ1) is 8.91. The number of aliphatic imine (C=N–C) groups is 1. The van der Waals surface area contributed by atoms with Crippen LogP contribution in [-0.2, 0) is 0 Å². The fourth-order valence-corrected chi connectivity index (χ4v) is 2.44. The Hall–Kier alpha value is -0.0400. The first-order valence-electron chi connectivity index (χ1n) is 7.60. The molecule has 1 aliphatic rings. The summed E-state index contributed by atoms with van der Waals surface area (Å²) >= 11 is 0. The van der Waals surface area contributed by atoms with Crippen molar-refractivity contribution in [2.75, 3.05) is 26.7 Å². The molecule has 0 aromatic carbocycles. The minimum Gasteiger partial charge on any atom is -0.356 e. The molecule has 0 amide bonds. The molecule has 0 bridgehead atoms. The Morgan fingerprint density at radius 3 is 2.20 bits per heavy atom. The van der Waals surface area contributed by atoms with Gasteiger partial charge in [-0.1, -0.05) is 13.3 Å². The van der Waals surface area contributed by atoms with E-state index >= 15 is 0 Å². The third kappa shape index (κ3) is 7.11. The number of nitrogens with one attached hydrogen (secondary N) is 3. The number of hydrogen-bond acceptors (Lipinski definition) is 2. The molecule has 4 nitrogen and oxygen atoms in total. The summed E-state index contributed by atoms with van der Waals surface area (Å²) < 4.78 is 0. The van der Waals surface area contributed by atoms with Gasteiger partial charge in [0.25, 0.3) is 0 Å². The second kappa shape index (κ2) is 9.07. The molecular weight excluding hydrogens is 363 g/mol. The zero-order chi connectivity index (χ0) is 14.4. The molecule has 0 atom stereocenters. The zero-order valence-corrected chi connectivity index (χ0v) is 16.1. The van der Waals surface area contributed by atoms with Crippen LogP contribution in [-0.4, -0.2) is 38.2 Å². The van der Waals surface area contributed by atoms with Crippen LogP contribution in [0.2, 0.25) is 0 Å². The summed E-state index contributed by atoms with van der Waals surface area (Å²) in [5.74, 6) is 0.926. The van der Waals surface area contributed by atoms with Crippen LogP contribution in [0.25, 0.3) is 0 Å². The molecule has 0 aromatic rings. The Balaban J connectivity index is 0.00000361. The highest BCUT2D eigenvalue weighted by Gasteiger charge is 2.34. The monoisotopic (exact) mass is 396 g/mol. The van der Waals surface area contributed by atoms with Crippen LogP contribution < -0.4 is 16.0 Å². The largest absolute Gasteiger partial charge is 0.356 e. The molecule has 0 aromatic heterocycles. The molecule has 0 radical (unpaired) electrons. The molecule has 1 rings (SSSR count). The molecule has 1 aliphatic carbocycles. The summed E-state index contributed by atoms with van der Waals surface area (Å²) in [6.45, 7) is 11.7. The Labute approximate surface area is 142 Å². The van der Waals surface area contributed by atoms with Crippen molar-refractivity contribution in [3.8, 4) is 0 Å². The maximum atomic E-state index is 4.28. The van der Waals surface area contributed by atoms with E-state index in [4.69, 9.17) is 0 Å². The summed E-state index contributed by atoms with van der Waals surface area (Å²) in [5, 5.41) is 10.3. The number of halogens is 1. The highest BCUT2D eigenvalue weighted by molar-refractivity contribution is 14.0. The summed E-state index contributed by atoms with van der Waals surface area (Å²) in [5.41, 5.74) is 0.706. The molecule has 1 saturated carbocycles. The van der Waals surface area contributed by atoms with Gasteiger partial charge in [0.1, 0.15) is 0 Å². The Kier molecular flexibility index (Phi) is 9.06. The summed E-state index contributed by atoms with van der Waals surface area (Å²) in [6, 6.07) is 0. The fourth-order valence-electron chi connectivity index (χ4n) is 2.44. The lowest BCUT2D eigenvalue weighted by Crippen LogP contribution is -2.48. The smallest absolute Gasteiger partial charge is 0.191 e. The lowest BCUT2D eigenvalue weighted by Gasteiger charge is -2.41. The van der Waals surface area contributed by atoms with E-state index in [1.54, 1.807) is 0 Å². The standard InChI is InChI=1S/C15H32N4.HI/c1-6-15(8-7-9-15)12-18-13(16-5)17-10-11-19-14(2,3)4;/h19H,6-12H2,1-5H3,(H2,16,17,18);1H. The van der Waals surface area contributed by atoms with Gasteiger partial charge in [-0.25, -0.2) is 0 Å². The molecule has 3 N–H and O–H groups in total. The molecule has 0 saturated heterocycles. The number of hydrogen-bond donors (Lipinski definition) is 3. The molecule has 0 unspecified atom stereocenters. The number of rotatable bonds is 6. The minimum absolute atomic E-state index is 0. The fraction of sp³-hybridized carbons (Fsp3) is 0.933. The van der Waals surface area contributed by atoms with E-state index in [2.05, 4.69) is 48.6 Å². The average molecular weight is 396 g/mol. The van der Waals surface area contributed by atoms with Gasteiger partial charge >= 0.3 is 0 Å². The van der Waals surface area contributed by atoms with Gasteiger partial charge in [0, 0.05) is 32.2 Å². The average Bonchev–Trinajstić information content (AvgIpc) is 2.29. The first kappa shape index (κ1) is 20.0. The SMILES string of the molecule is CCC1(CNC(=NC)NCCNC(C)(C)C)CCC1.I. The lowest BCUT2D eigenvalue weighted by molar-refractivity contribution is 0.131. The normalized spacial score (nSPS) is 17.9. The molecule has 0 heterocycles. The Bertz CT molecular complexity index is 287. The summed E-state index contributed by atoms with van der Waals surface area (Å²) in [4.78, 5) is 4.28. The van der Waals surface area contributed by atoms with E-state index in [1.165, 1.54) is 25.7 Å². The molecule has 1 fully saturated rings. The number of nitrogens with zero attached hydrogens (tertiary/aromatic N) is 1. The van der Waals surface area contributed by atoms with Crippen molar-refractivity contribution < 1.29 is 0 Å². The van der Waals surface area contributed by atoms with Crippen LogP contribution in [0.3, 0.4) is 0 Å². The van der Waals surface area contributed by atoms with E-state index in [0.29, 0.717) is 5.41 Å². The van der Waals surface area contributed by atoms with Crippen LogP contribution in [0.4, 0.5) is 0 Å². The Morgan fingerprint density at radius 2 is 1.80 bits per heavy atom.